The quantitative estimate of drug-likeness (QED) is 0.665. The standard InChI is InChI=1S/C18H21N3O3S/c1-21(18(24)25)12-11-19-16(22)9-10-17(23)20-15-8-4-6-13-5-2-3-7-14(13)15/h2-8H,9-12H2,1H3,(H,19,22)(H,20,23)(H,24,25). The SMILES string of the molecule is CN(CCNC(=O)CCC(=O)Nc1cccc2ccccc12)C(=O)S. The molecule has 0 aromatic heterocycles. The minimum atomic E-state index is -0.358. The monoisotopic (exact) mass is 359 g/mol. The van der Waals surface area contributed by atoms with Crippen molar-refractivity contribution in [3.8, 4) is 0 Å². The molecule has 3 amide bonds. The van der Waals surface area contributed by atoms with E-state index >= 15 is 0 Å². The van der Waals surface area contributed by atoms with Crippen LogP contribution >= 0.6 is 12.6 Å². The normalized spacial score (nSPS) is 10.3. The molecular formula is C18H21N3O3S. The summed E-state index contributed by atoms with van der Waals surface area (Å²) < 4.78 is 0. The first-order valence-corrected chi connectivity index (χ1v) is 8.40. The average Bonchev–Trinajstić information content (AvgIpc) is 2.60. The lowest BCUT2D eigenvalue weighted by Crippen LogP contribution is -2.34. The number of fused-ring (bicyclic) bond motifs is 1. The predicted molar refractivity (Wildman–Crippen MR) is 102 cm³/mol. The minimum absolute atomic E-state index is 0.0924. The van der Waals surface area contributed by atoms with Crippen LogP contribution in [-0.4, -0.2) is 42.1 Å². The Labute approximate surface area is 152 Å². The zero-order valence-electron chi connectivity index (χ0n) is 14.0. The maximum absolute atomic E-state index is 12.1. The fourth-order valence-electron chi connectivity index (χ4n) is 2.32. The molecule has 0 unspecified atom stereocenters. The van der Waals surface area contributed by atoms with Gasteiger partial charge in [0.1, 0.15) is 0 Å². The number of likely N-dealkylation sites (N-methyl/N-ethyl adjacent to an activating group) is 1. The maximum atomic E-state index is 12.1. The molecule has 0 aliphatic carbocycles. The van der Waals surface area contributed by atoms with E-state index in [1.165, 1.54) is 4.90 Å². The van der Waals surface area contributed by atoms with E-state index in [0.29, 0.717) is 13.1 Å². The third-order valence-electron chi connectivity index (χ3n) is 3.74. The van der Waals surface area contributed by atoms with E-state index in [1.807, 2.05) is 42.5 Å². The van der Waals surface area contributed by atoms with Gasteiger partial charge in [0.25, 0.3) is 5.24 Å². The summed E-state index contributed by atoms with van der Waals surface area (Å²) in [5, 5.41) is 7.16. The van der Waals surface area contributed by atoms with Gasteiger partial charge in [0, 0.05) is 44.1 Å². The highest BCUT2D eigenvalue weighted by molar-refractivity contribution is 7.96. The number of carbonyl (C=O) groups excluding carboxylic acids is 3. The summed E-state index contributed by atoms with van der Waals surface area (Å²) >= 11 is 3.68. The molecule has 2 aromatic carbocycles. The van der Waals surface area contributed by atoms with Crippen molar-refractivity contribution in [2.24, 2.45) is 0 Å². The molecule has 132 valence electrons. The Bertz CT molecular complexity index is 774. The van der Waals surface area contributed by atoms with Crippen LogP contribution in [0.3, 0.4) is 0 Å². The van der Waals surface area contributed by atoms with Crippen molar-refractivity contribution >= 4 is 46.1 Å². The summed E-state index contributed by atoms with van der Waals surface area (Å²) in [5.74, 6) is -0.442. The van der Waals surface area contributed by atoms with Crippen molar-refractivity contribution in [2.75, 3.05) is 25.5 Å². The molecule has 0 saturated heterocycles. The Hall–Kier alpha value is -2.54. The number of carbonyl (C=O) groups is 3. The van der Waals surface area contributed by atoms with Gasteiger partial charge in [-0.25, -0.2) is 0 Å². The summed E-state index contributed by atoms with van der Waals surface area (Å²) in [4.78, 5) is 36.1. The van der Waals surface area contributed by atoms with E-state index in [-0.39, 0.29) is 29.9 Å². The van der Waals surface area contributed by atoms with Crippen molar-refractivity contribution in [3.63, 3.8) is 0 Å². The van der Waals surface area contributed by atoms with Crippen molar-refractivity contribution in [3.05, 3.63) is 42.5 Å². The predicted octanol–water partition coefficient (Wildman–Crippen LogP) is 2.66. The van der Waals surface area contributed by atoms with Crippen molar-refractivity contribution in [2.45, 2.75) is 12.8 Å². The lowest BCUT2D eigenvalue weighted by atomic mass is 10.1. The van der Waals surface area contributed by atoms with E-state index < -0.39 is 0 Å². The van der Waals surface area contributed by atoms with Gasteiger partial charge in [0.15, 0.2) is 0 Å². The number of rotatable bonds is 7. The first kappa shape index (κ1) is 18.8. The molecule has 0 fully saturated rings. The Balaban J connectivity index is 1.78. The first-order chi connectivity index (χ1) is 12.0. The highest BCUT2D eigenvalue weighted by Gasteiger charge is 2.09. The van der Waals surface area contributed by atoms with E-state index in [0.717, 1.165) is 16.5 Å². The van der Waals surface area contributed by atoms with Gasteiger partial charge in [-0.1, -0.05) is 49.0 Å². The van der Waals surface area contributed by atoms with Crippen molar-refractivity contribution in [1.82, 2.24) is 10.2 Å². The van der Waals surface area contributed by atoms with Gasteiger partial charge < -0.3 is 15.5 Å². The van der Waals surface area contributed by atoms with Crippen LogP contribution in [0.1, 0.15) is 12.8 Å². The van der Waals surface area contributed by atoms with E-state index in [4.69, 9.17) is 0 Å². The number of anilines is 1. The summed E-state index contributed by atoms with van der Waals surface area (Å²) in [6.45, 7) is 0.697. The second kappa shape index (κ2) is 9.08. The summed E-state index contributed by atoms with van der Waals surface area (Å²) in [6.07, 6.45) is 0.186. The van der Waals surface area contributed by atoms with Crippen LogP contribution in [0.4, 0.5) is 10.5 Å². The van der Waals surface area contributed by atoms with Gasteiger partial charge in [-0.3, -0.25) is 14.4 Å². The van der Waals surface area contributed by atoms with Crippen LogP contribution in [0.2, 0.25) is 0 Å². The second-order valence-corrected chi connectivity index (χ2v) is 6.01. The topological polar surface area (TPSA) is 78.5 Å². The van der Waals surface area contributed by atoms with Gasteiger partial charge in [-0.15, -0.1) is 0 Å². The Morgan fingerprint density at radius 2 is 1.68 bits per heavy atom. The summed E-state index contributed by atoms with van der Waals surface area (Å²) in [7, 11) is 1.60. The first-order valence-electron chi connectivity index (χ1n) is 7.96. The Morgan fingerprint density at radius 3 is 2.44 bits per heavy atom. The maximum Gasteiger partial charge on any atom is 0.278 e. The lowest BCUT2D eigenvalue weighted by molar-refractivity contribution is -0.124. The van der Waals surface area contributed by atoms with Crippen LogP contribution in [0.25, 0.3) is 10.8 Å². The molecule has 2 rings (SSSR count). The molecule has 0 aliphatic rings. The Kier molecular flexibility index (Phi) is 6.82. The summed E-state index contributed by atoms with van der Waals surface area (Å²) in [6, 6.07) is 13.5. The van der Waals surface area contributed by atoms with Crippen LogP contribution in [-0.2, 0) is 9.59 Å². The van der Waals surface area contributed by atoms with Crippen molar-refractivity contribution in [1.29, 1.82) is 0 Å². The number of nitrogens with zero attached hydrogens (tertiary/aromatic N) is 1. The van der Waals surface area contributed by atoms with Gasteiger partial charge in [-0.2, -0.15) is 0 Å². The fraction of sp³-hybridized carbons (Fsp3) is 0.278. The number of hydrogen-bond acceptors (Lipinski definition) is 3. The minimum Gasteiger partial charge on any atom is -0.354 e. The third-order valence-corrected chi connectivity index (χ3v) is 4.08. The van der Waals surface area contributed by atoms with Crippen LogP contribution in [0.5, 0.6) is 0 Å². The molecular weight excluding hydrogens is 338 g/mol. The number of thiol groups is 1. The summed E-state index contributed by atoms with van der Waals surface area (Å²) in [5.41, 5.74) is 0.734. The van der Waals surface area contributed by atoms with Gasteiger partial charge in [0.2, 0.25) is 11.8 Å². The van der Waals surface area contributed by atoms with E-state index in [2.05, 4.69) is 23.3 Å². The second-order valence-electron chi connectivity index (χ2n) is 5.63. The molecule has 0 radical (unpaired) electrons. The van der Waals surface area contributed by atoms with Gasteiger partial charge in [0.05, 0.1) is 0 Å². The zero-order chi connectivity index (χ0) is 18.2. The smallest absolute Gasteiger partial charge is 0.278 e. The fourth-order valence-corrected chi connectivity index (χ4v) is 2.42. The third kappa shape index (κ3) is 5.79. The molecule has 2 aromatic rings. The highest BCUT2D eigenvalue weighted by Crippen LogP contribution is 2.23. The average molecular weight is 359 g/mol. The molecule has 0 bridgehead atoms. The number of hydrogen-bond donors (Lipinski definition) is 3. The van der Waals surface area contributed by atoms with Crippen LogP contribution in [0.15, 0.2) is 42.5 Å². The molecule has 6 nitrogen and oxygen atoms in total. The molecule has 2 N–H and O–H groups in total. The molecule has 0 heterocycles. The number of nitrogens with one attached hydrogen (secondary N) is 2. The molecule has 0 atom stereocenters. The largest absolute Gasteiger partial charge is 0.354 e. The zero-order valence-corrected chi connectivity index (χ0v) is 14.9. The van der Waals surface area contributed by atoms with Gasteiger partial charge >= 0.3 is 0 Å². The molecule has 0 aliphatic heterocycles. The number of benzene rings is 2. The highest BCUT2D eigenvalue weighted by atomic mass is 32.1. The van der Waals surface area contributed by atoms with Crippen LogP contribution < -0.4 is 10.6 Å². The van der Waals surface area contributed by atoms with Crippen molar-refractivity contribution < 1.29 is 14.4 Å². The van der Waals surface area contributed by atoms with E-state index in [1.54, 1.807) is 7.05 Å². The van der Waals surface area contributed by atoms with Gasteiger partial charge in [-0.05, 0) is 11.5 Å². The van der Waals surface area contributed by atoms with Crippen LogP contribution in [0, 0.1) is 0 Å². The molecule has 0 saturated carbocycles. The molecule has 25 heavy (non-hydrogen) atoms. The number of amides is 3. The molecule has 7 heteroatoms. The lowest BCUT2D eigenvalue weighted by Gasteiger charge is -2.14. The Morgan fingerprint density at radius 1 is 1.00 bits per heavy atom. The van der Waals surface area contributed by atoms with E-state index in [9.17, 15) is 14.4 Å². The molecule has 0 spiro atoms.